The molecular formula is C74H97N5O8. The summed E-state index contributed by atoms with van der Waals surface area (Å²) in [6, 6.07) is 50.5. The monoisotopic (exact) mass is 1180 g/mol. The zero-order valence-electron chi connectivity index (χ0n) is 53.5. The minimum absolute atomic E-state index is 0.241. The number of rotatable bonds is 28. The van der Waals surface area contributed by atoms with E-state index < -0.39 is 58.5 Å². The van der Waals surface area contributed by atoms with Gasteiger partial charge in [0.1, 0.15) is 12.1 Å². The van der Waals surface area contributed by atoms with Crippen molar-refractivity contribution in [2.45, 2.75) is 171 Å². The van der Waals surface area contributed by atoms with E-state index in [1.165, 1.54) is 33.4 Å². The molecule has 5 amide bonds. The predicted octanol–water partition coefficient (Wildman–Crippen LogP) is 14.4. The third-order valence-electron chi connectivity index (χ3n) is 16.5. The van der Waals surface area contributed by atoms with Gasteiger partial charge in [0, 0.05) is 5.92 Å². The third-order valence-corrected chi connectivity index (χ3v) is 16.5. The lowest BCUT2D eigenvalue weighted by Gasteiger charge is -2.34. The number of carbonyl (C=O) groups is 6. The lowest BCUT2D eigenvalue weighted by Crippen LogP contribution is -2.56. The van der Waals surface area contributed by atoms with Crippen molar-refractivity contribution in [1.29, 1.82) is 0 Å². The average Bonchev–Trinajstić information content (AvgIpc) is 2.35. The van der Waals surface area contributed by atoms with Gasteiger partial charge in [0.25, 0.3) is 0 Å². The highest BCUT2D eigenvalue weighted by Crippen LogP contribution is 2.32. The fraction of sp³-hybridized carbons (Fsp3) is 0.432. The number of hydroxylamine groups is 1. The molecule has 0 radical (unpaired) electrons. The quantitative estimate of drug-likeness (QED) is 0.0186. The Balaban J connectivity index is 0.000000317. The van der Waals surface area contributed by atoms with E-state index in [0.29, 0.717) is 51.4 Å². The molecule has 6 rings (SSSR count). The summed E-state index contributed by atoms with van der Waals surface area (Å²) < 4.78 is 0. The topological polar surface area (TPSA) is 203 Å². The number of hydrogen-bond donors (Lipinski definition) is 7. The third kappa shape index (κ3) is 21.2. The van der Waals surface area contributed by atoms with E-state index in [0.717, 1.165) is 35.1 Å². The molecule has 0 spiro atoms. The maximum absolute atomic E-state index is 13.9. The molecule has 0 aliphatic heterocycles. The van der Waals surface area contributed by atoms with Gasteiger partial charge >= 0.3 is 5.97 Å². The van der Waals surface area contributed by atoms with Crippen LogP contribution in [0.2, 0.25) is 0 Å². The van der Waals surface area contributed by atoms with E-state index in [4.69, 9.17) is 0 Å². The van der Waals surface area contributed by atoms with Crippen molar-refractivity contribution < 1.29 is 39.1 Å². The predicted molar refractivity (Wildman–Crippen MR) is 349 cm³/mol. The number of carboxylic acids is 1. The molecule has 466 valence electrons. The molecule has 0 aromatic heterocycles. The van der Waals surface area contributed by atoms with Crippen LogP contribution in [-0.2, 0) is 41.6 Å². The van der Waals surface area contributed by atoms with Crippen LogP contribution in [0.3, 0.4) is 0 Å². The van der Waals surface area contributed by atoms with Crippen LogP contribution in [0.1, 0.15) is 166 Å². The van der Waals surface area contributed by atoms with Gasteiger partial charge in [-0.2, -0.15) is 0 Å². The molecule has 1 unspecified atom stereocenters. The number of carbonyl (C=O) groups excluding carboxylic acids is 5. The van der Waals surface area contributed by atoms with Crippen molar-refractivity contribution >= 4 is 35.5 Å². The highest BCUT2D eigenvalue weighted by Gasteiger charge is 2.40. The second kappa shape index (κ2) is 33.9. The van der Waals surface area contributed by atoms with Crippen molar-refractivity contribution in [3.8, 4) is 22.3 Å². The van der Waals surface area contributed by atoms with Gasteiger partial charge in [0.2, 0.25) is 29.5 Å². The van der Waals surface area contributed by atoms with Gasteiger partial charge < -0.3 is 26.4 Å². The molecule has 0 bridgehead atoms. The summed E-state index contributed by atoms with van der Waals surface area (Å²) in [5, 5.41) is 31.7. The Morgan fingerprint density at radius 2 is 0.759 bits per heavy atom. The summed E-state index contributed by atoms with van der Waals surface area (Å²) in [4.78, 5) is 79.9. The summed E-state index contributed by atoms with van der Waals surface area (Å²) >= 11 is 0. The van der Waals surface area contributed by atoms with Crippen LogP contribution in [0.5, 0.6) is 0 Å². The molecule has 0 saturated carbocycles. The molecule has 7 N–H and O–H groups in total. The number of amides is 5. The fourth-order valence-corrected chi connectivity index (χ4v) is 11.5. The van der Waals surface area contributed by atoms with Crippen LogP contribution in [0, 0.1) is 48.3 Å². The Kier molecular flexibility index (Phi) is 27.2. The molecule has 0 aliphatic carbocycles. The first kappa shape index (κ1) is 69.9. The lowest BCUT2D eigenvalue weighted by atomic mass is 9.81. The molecule has 0 aliphatic rings. The number of benzene rings is 6. The van der Waals surface area contributed by atoms with Crippen LogP contribution in [0.4, 0.5) is 0 Å². The molecule has 6 aromatic carbocycles. The maximum Gasteiger partial charge on any atom is 0.307 e. The smallest absolute Gasteiger partial charge is 0.307 e. The van der Waals surface area contributed by atoms with E-state index in [1.54, 1.807) is 5.48 Å². The first-order valence-corrected chi connectivity index (χ1v) is 31.2. The van der Waals surface area contributed by atoms with Crippen molar-refractivity contribution in [3.05, 3.63) is 191 Å². The van der Waals surface area contributed by atoms with Gasteiger partial charge in [0.15, 0.2) is 0 Å². The summed E-state index contributed by atoms with van der Waals surface area (Å²) in [6.45, 7) is 23.3. The maximum atomic E-state index is 13.9. The number of hydrogen-bond acceptors (Lipinski definition) is 7. The second-order valence-corrected chi connectivity index (χ2v) is 25.5. The van der Waals surface area contributed by atoms with E-state index in [2.05, 4.69) is 95.8 Å². The highest BCUT2D eigenvalue weighted by atomic mass is 16.5. The molecule has 87 heavy (non-hydrogen) atoms. The average molecular weight is 1180 g/mol. The van der Waals surface area contributed by atoms with Crippen molar-refractivity contribution in [1.82, 2.24) is 26.7 Å². The van der Waals surface area contributed by atoms with Gasteiger partial charge in [-0.25, -0.2) is 5.48 Å². The molecule has 0 fully saturated rings. The van der Waals surface area contributed by atoms with Gasteiger partial charge in [0.05, 0.1) is 29.8 Å². The van der Waals surface area contributed by atoms with Crippen LogP contribution < -0.4 is 26.7 Å². The van der Waals surface area contributed by atoms with Gasteiger partial charge in [-0.3, -0.25) is 34.0 Å². The zero-order valence-corrected chi connectivity index (χ0v) is 53.5. The second-order valence-electron chi connectivity index (χ2n) is 25.5. The van der Waals surface area contributed by atoms with Crippen molar-refractivity contribution in [2.75, 3.05) is 0 Å². The lowest BCUT2D eigenvalue weighted by molar-refractivity contribution is -0.148. The van der Waals surface area contributed by atoms with Gasteiger partial charge in [-0.15, -0.1) is 0 Å². The van der Waals surface area contributed by atoms with Gasteiger partial charge in [-0.05, 0) is 146 Å². The molecule has 0 heterocycles. The number of aliphatic carboxylic acids is 1. The Bertz CT molecular complexity index is 3140. The Labute approximate surface area is 518 Å². The van der Waals surface area contributed by atoms with Crippen molar-refractivity contribution in [3.63, 3.8) is 0 Å². The first-order valence-electron chi connectivity index (χ1n) is 31.2. The molecule has 8 atom stereocenters. The molecular weight excluding hydrogens is 1090 g/mol. The highest BCUT2D eigenvalue weighted by molar-refractivity contribution is 5.93. The summed E-state index contributed by atoms with van der Waals surface area (Å²) in [7, 11) is 0. The molecule has 13 nitrogen and oxygen atoms in total. The number of nitrogens with one attached hydrogen (secondary N) is 5. The van der Waals surface area contributed by atoms with Gasteiger partial charge in [-0.1, -0.05) is 226 Å². The van der Waals surface area contributed by atoms with E-state index in [9.17, 15) is 39.1 Å². The van der Waals surface area contributed by atoms with Crippen LogP contribution >= 0.6 is 0 Å². The summed E-state index contributed by atoms with van der Waals surface area (Å²) in [5.41, 5.74) is 11.9. The fourth-order valence-electron chi connectivity index (χ4n) is 11.5. The number of carboxylic acid groups (broad SMARTS) is 1. The van der Waals surface area contributed by atoms with Crippen LogP contribution in [-0.4, -0.2) is 57.9 Å². The van der Waals surface area contributed by atoms with Crippen LogP contribution in [0.15, 0.2) is 158 Å². The minimum Gasteiger partial charge on any atom is -0.481 e. The Morgan fingerprint density at radius 1 is 0.425 bits per heavy atom. The molecule has 6 aromatic rings. The Hall–Kier alpha value is -7.90. The SMILES string of the molecule is CCC[C@H](C(=O)NO)[C@@H](CCCc1ccc(-c2ccccc2)c(C)c1)C(=O)N[C@H](C(=O)NC(C)c1ccccc1)C(C)(C)C.CCC[C@H](C(=O)O)[C@@H](CCCc1ccc(-c2ccccc2)c(C)c1)C(=O)N[C@H](C(=O)N[C@H](C)c1ccccc1)C(C)(C)C. The Morgan fingerprint density at radius 3 is 1.08 bits per heavy atom. The van der Waals surface area contributed by atoms with Crippen molar-refractivity contribution in [2.24, 2.45) is 34.5 Å². The molecule has 0 saturated heterocycles. The minimum atomic E-state index is -0.973. The van der Waals surface area contributed by atoms with E-state index in [-0.39, 0.29) is 35.7 Å². The van der Waals surface area contributed by atoms with E-state index in [1.807, 2.05) is 166 Å². The van der Waals surface area contributed by atoms with Crippen LogP contribution in [0.25, 0.3) is 22.3 Å². The molecule has 13 heteroatoms. The largest absolute Gasteiger partial charge is 0.481 e. The first-order chi connectivity index (χ1) is 41.4. The summed E-state index contributed by atoms with van der Waals surface area (Å²) in [6.07, 6.45) is 5.79. The zero-order chi connectivity index (χ0) is 63.8. The number of aryl methyl sites for hydroxylation is 4. The normalized spacial score (nSPS) is 14.2. The van der Waals surface area contributed by atoms with E-state index >= 15 is 0 Å². The summed E-state index contributed by atoms with van der Waals surface area (Å²) in [5.74, 6) is -5.85. The standard InChI is InChI=1S/C37H49N3O4.C37H48N2O4/c1-7-15-31(35(42)40-44)32(21-14-16-27-22-23-30(25(2)24-27)29-19-12-9-13-20-29)34(41)39-33(37(4,5)6)36(43)38-26(3)28-17-10-8-11-18-28;1-7-15-32(36(42)43)31(21-14-16-27-22-23-30(25(2)24-27)29-19-12-9-13-20-29)34(40)39-33(37(4,5)6)35(41)38-26(3)28-17-10-8-11-18-28/h8-13,17-20,22-24,26,31-33,44H,7,14-16,21H2,1-6H3,(H,38,43)(H,39,41)(H,40,42);8-13,17-20,22-24,26,31-33H,7,14-16,21H2,1-6H3,(H,38,41)(H,39,40)(H,42,43)/t26?,31-,32+,33+;26-,31-,32+,33-/m01/s1.